The fourth-order valence-corrected chi connectivity index (χ4v) is 1.36. The third-order valence-electron chi connectivity index (χ3n) is 2.39. The normalized spacial score (nSPS) is 12.2. The van der Waals surface area contributed by atoms with E-state index >= 15 is 0 Å². The Morgan fingerprint density at radius 3 is 2.41 bits per heavy atom. The average molecular weight is 238 g/mol. The molecule has 0 radical (unpaired) electrons. The summed E-state index contributed by atoms with van der Waals surface area (Å²) in [5.74, 6) is 2.70. The summed E-state index contributed by atoms with van der Waals surface area (Å²) in [7, 11) is 0. The molecule has 0 aliphatic heterocycles. The number of aliphatic hydroxyl groups is 1. The number of aryl methyl sites for hydroxylation is 1. The van der Waals surface area contributed by atoms with E-state index in [2.05, 4.69) is 20.6 Å². The molecule has 3 N–H and O–H groups in total. The van der Waals surface area contributed by atoms with Gasteiger partial charge in [-0.25, -0.2) is 9.97 Å². The van der Waals surface area contributed by atoms with Crippen LogP contribution in [0.3, 0.4) is 0 Å². The molecule has 5 nitrogen and oxygen atoms in total. The summed E-state index contributed by atoms with van der Waals surface area (Å²) < 4.78 is 0. The van der Waals surface area contributed by atoms with Crippen LogP contribution in [0.2, 0.25) is 0 Å². The van der Waals surface area contributed by atoms with Gasteiger partial charge in [-0.2, -0.15) is 0 Å². The molecule has 1 aromatic heterocycles. The topological polar surface area (TPSA) is 70.1 Å². The quantitative estimate of drug-likeness (QED) is 0.671. The van der Waals surface area contributed by atoms with Crippen LogP contribution in [0.25, 0.3) is 0 Å². The van der Waals surface area contributed by atoms with Crippen LogP contribution in [0.1, 0.15) is 26.6 Å². The Labute approximate surface area is 103 Å². The summed E-state index contributed by atoms with van der Waals surface area (Å²) in [6, 6.07) is 1.90. The van der Waals surface area contributed by atoms with Crippen LogP contribution >= 0.6 is 0 Å². The molecule has 1 atom stereocenters. The highest BCUT2D eigenvalue weighted by molar-refractivity contribution is 5.47. The third kappa shape index (κ3) is 4.56. The lowest BCUT2D eigenvalue weighted by Crippen LogP contribution is -2.16. The Kier molecular flexibility index (Phi) is 5.69. The maximum atomic E-state index is 8.97. The molecular weight excluding hydrogens is 216 g/mol. The van der Waals surface area contributed by atoms with E-state index < -0.39 is 0 Å². The van der Waals surface area contributed by atoms with E-state index in [-0.39, 0.29) is 12.5 Å². The van der Waals surface area contributed by atoms with Crippen LogP contribution in [0.15, 0.2) is 6.07 Å². The van der Waals surface area contributed by atoms with Crippen molar-refractivity contribution >= 4 is 11.6 Å². The SMILES string of the molecule is CCNc1cc(NCC(C)CO)nc(CC)n1. The van der Waals surface area contributed by atoms with Gasteiger partial charge in [0, 0.05) is 32.2 Å². The lowest BCUT2D eigenvalue weighted by atomic mass is 10.2. The second-order valence-electron chi connectivity index (χ2n) is 4.11. The smallest absolute Gasteiger partial charge is 0.132 e. The van der Waals surface area contributed by atoms with E-state index in [1.807, 2.05) is 26.8 Å². The molecule has 1 heterocycles. The highest BCUT2D eigenvalue weighted by Crippen LogP contribution is 2.12. The van der Waals surface area contributed by atoms with E-state index in [9.17, 15) is 0 Å². The molecule has 5 heteroatoms. The number of aliphatic hydroxyl groups excluding tert-OH is 1. The standard InChI is InChI=1S/C12H22N4O/c1-4-10-15-11(13-5-2)6-12(16-10)14-7-9(3)8-17/h6,9,17H,4-5,7-8H2,1-3H3,(H2,13,14,15,16). The minimum absolute atomic E-state index is 0.179. The zero-order valence-electron chi connectivity index (χ0n) is 10.8. The maximum Gasteiger partial charge on any atom is 0.132 e. The molecule has 17 heavy (non-hydrogen) atoms. The summed E-state index contributed by atoms with van der Waals surface area (Å²) in [5.41, 5.74) is 0. The Hall–Kier alpha value is -1.36. The molecule has 0 amide bonds. The van der Waals surface area contributed by atoms with Crippen LogP contribution in [0, 0.1) is 5.92 Å². The van der Waals surface area contributed by atoms with Crippen LogP contribution in [-0.4, -0.2) is 34.8 Å². The molecule has 0 bridgehead atoms. The van der Waals surface area contributed by atoms with Crippen molar-refractivity contribution < 1.29 is 5.11 Å². The lowest BCUT2D eigenvalue weighted by molar-refractivity contribution is 0.244. The minimum Gasteiger partial charge on any atom is -0.396 e. The Balaban J connectivity index is 2.72. The number of anilines is 2. The van der Waals surface area contributed by atoms with Gasteiger partial charge >= 0.3 is 0 Å². The van der Waals surface area contributed by atoms with Gasteiger partial charge in [0.15, 0.2) is 0 Å². The Morgan fingerprint density at radius 2 is 1.88 bits per heavy atom. The predicted octanol–water partition coefficient (Wildman–Crippen LogP) is 1.51. The first-order valence-corrected chi connectivity index (χ1v) is 6.16. The number of hydrogen-bond donors (Lipinski definition) is 3. The second kappa shape index (κ2) is 7.06. The van der Waals surface area contributed by atoms with Crippen molar-refractivity contribution in [1.82, 2.24) is 9.97 Å². The zero-order chi connectivity index (χ0) is 12.7. The van der Waals surface area contributed by atoms with Crippen molar-refractivity contribution in [3.63, 3.8) is 0 Å². The summed E-state index contributed by atoms with van der Waals surface area (Å²) in [6.45, 7) is 7.79. The van der Waals surface area contributed by atoms with Gasteiger partial charge < -0.3 is 15.7 Å². The predicted molar refractivity (Wildman–Crippen MR) is 70.3 cm³/mol. The van der Waals surface area contributed by atoms with E-state index in [0.717, 1.165) is 30.4 Å². The molecular formula is C12H22N4O. The molecule has 0 aromatic carbocycles. The Bertz CT molecular complexity index is 343. The number of nitrogens with one attached hydrogen (secondary N) is 2. The van der Waals surface area contributed by atoms with Gasteiger partial charge in [-0.05, 0) is 12.8 Å². The molecule has 0 aliphatic carbocycles. The fourth-order valence-electron chi connectivity index (χ4n) is 1.36. The van der Waals surface area contributed by atoms with Crippen molar-refractivity contribution in [3.05, 3.63) is 11.9 Å². The molecule has 1 rings (SSSR count). The third-order valence-corrected chi connectivity index (χ3v) is 2.39. The van der Waals surface area contributed by atoms with Crippen molar-refractivity contribution in [3.8, 4) is 0 Å². The van der Waals surface area contributed by atoms with Gasteiger partial charge in [0.1, 0.15) is 17.5 Å². The van der Waals surface area contributed by atoms with Gasteiger partial charge in [-0.1, -0.05) is 13.8 Å². The van der Waals surface area contributed by atoms with Gasteiger partial charge in [-0.3, -0.25) is 0 Å². The first kappa shape index (κ1) is 13.7. The number of rotatable bonds is 7. The molecule has 0 spiro atoms. The molecule has 0 aliphatic rings. The summed E-state index contributed by atoms with van der Waals surface area (Å²) in [5, 5.41) is 15.4. The fraction of sp³-hybridized carbons (Fsp3) is 0.667. The van der Waals surface area contributed by atoms with Crippen LogP contribution in [0.4, 0.5) is 11.6 Å². The molecule has 1 aromatic rings. The van der Waals surface area contributed by atoms with Crippen molar-refractivity contribution in [2.75, 3.05) is 30.3 Å². The van der Waals surface area contributed by atoms with Crippen molar-refractivity contribution in [2.24, 2.45) is 5.92 Å². The van der Waals surface area contributed by atoms with Gasteiger partial charge in [0.05, 0.1) is 0 Å². The van der Waals surface area contributed by atoms with E-state index in [4.69, 9.17) is 5.11 Å². The summed E-state index contributed by atoms with van der Waals surface area (Å²) in [4.78, 5) is 8.77. The summed E-state index contributed by atoms with van der Waals surface area (Å²) in [6.07, 6.45) is 0.809. The van der Waals surface area contributed by atoms with Crippen LogP contribution in [0.5, 0.6) is 0 Å². The highest BCUT2D eigenvalue weighted by Gasteiger charge is 2.04. The molecule has 96 valence electrons. The van der Waals surface area contributed by atoms with E-state index in [1.165, 1.54) is 0 Å². The van der Waals surface area contributed by atoms with E-state index in [0.29, 0.717) is 6.54 Å². The highest BCUT2D eigenvalue weighted by atomic mass is 16.3. The second-order valence-corrected chi connectivity index (χ2v) is 4.11. The average Bonchev–Trinajstić information content (AvgIpc) is 2.36. The minimum atomic E-state index is 0.179. The monoisotopic (exact) mass is 238 g/mol. The molecule has 0 saturated heterocycles. The molecule has 0 saturated carbocycles. The zero-order valence-corrected chi connectivity index (χ0v) is 10.8. The van der Waals surface area contributed by atoms with Gasteiger partial charge in [0.25, 0.3) is 0 Å². The number of nitrogens with zero attached hydrogens (tertiary/aromatic N) is 2. The first-order valence-electron chi connectivity index (χ1n) is 6.16. The first-order chi connectivity index (χ1) is 8.19. The van der Waals surface area contributed by atoms with Gasteiger partial charge in [0.2, 0.25) is 0 Å². The van der Waals surface area contributed by atoms with Crippen molar-refractivity contribution in [1.29, 1.82) is 0 Å². The van der Waals surface area contributed by atoms with Gasteiger partial charge in [-0.15, -0.1) is 0 Å². The largest absolute Gasteiger partial charge is 0.396 e. The van der Waals surface area contributed by atoms with Crippen LogP contribution in [-0.2, 0) is 6.42 Å². The maximum absolute atomic E-state index is 8.97. The molecule has 0 fully saturated rings. The van der Waals surface area contributed by atoms with Crippen LogP contribution < -0.4 is 10.6 Å². The van der Waals surface area contributed by atoms with Crippen molar-refractivity contribution in [2.45, 2.75) is 27.2 Å². The summed E-state index contributed by atoms with van der Waals surface area (Å²) >= 11 is 0. The number of aromatic nitrogens is 2. The Morgan fingerprint density at radius 1 is 1.24 bits per heavy atom. The van der Waals surface area contributed by atoms with E-state index in [1.54, 1.807) is 0 Å². The molecule has 1 unspecified atom stereocenters. The lowest BCUT2D eigenvalue weighted by Gasteiger charge is -2.12. The number of hydrogen-bond acceptors (Lipinski definition) is 5.